The van der Waals surface area contributed by atoms with Crippen molar-refractivity contribution in [1.29, 1.82) is 0 Å². The fraction of sp³-hybridized carbons (Fsp3) is 0.917. The van der Waals surface area contributed by atoms with Crippen LogP contribution in [0, 0.1) is 0 Å². The second-order valence-electron chi connectivity index (χ2n) is 5.05. The van der Waals surface area contributed by atoms with Crippen molar-refractivity contribution in [2.24, 2.45) is 5.73 Å². The summed E-state index contributed by atoms with van der Waals surface area (Å²) in [5, 5.41) is 0. The van der Waals surface area contributed by atoms with Crippen molar-refractivity contribution in [2.45, 2.75) is 71.4 Å². The average molecular weight is 215 g/mol. The van der Waals surface area contributed by atoms with Gasteiger partial charge in [-0.25, -0.2) is 0 Å². The summed E-state index contributed by atoms with van der Waals surface area (Å²) >= 11 is 0. The molecule has 0 amide bonds. The summed E-state index contributed by atoms with van der Waals surface area (Å²) in [6.07, 6.45) is 4.70. The molecule has 0 saturated carbocycles. The van der Waals surface area contributed by atoms with Gasteiger partial charge in [0.2, 0.25) is 0 Å². The van der Waals surface area contributed by atoms with E-state index in [1.807, 2.05) is 20.8 Å². The summed E-state index contributed by atoms with van der Waals surface area (Å²) in [5.41, 5.74) is 5.43. The van der Waals surface area contributed by atoms with Crippen molar-refractivity contribution in [2.75, 3.05) is 0 Å². The van der Waals surface area contributed by atoms with Crippen molar-refractivity contribution >= 4 is 5.97 Å². The van der Waals surface area contributed by atoms with Gasteiger partial charge in [-0.15, -0.1) is 0 Å². The highest BCUT2D eigenvalue weighted by atomic mass is 16.6. The van der Waals surface area contributed by atoms with Gasteiger partial charge in [0, 0.05) is 6.04 Å². The molecule has 0 aromatic carbocycles. The molecule has 0 unspecified atom stereocenters. The molecule has 1 atom stereocenters. The molecule has 0 saturated heterocycles. The van der Waals surface area contributed by atoms with Crippen LogP contribution in [0.4, 0.5) is 0 Å². The third kappa shape index (κ3) is 9.73. The number of carbonyl (C=O) groups excluding carboxylic acids is 1. The van der Waals surface area contributed by atoms with Crippen LogP contribution in [0.2, 0.25) is 0 Å². The fourth-order valence-electron chi connectivity index (χ4n) is 1.36. The lowest BCUT2D eigenvalue weighted by atomic mass is 10.1. The molecule has 3 heteroatoms. The number of esters is 1. The van der Waals surface area contributed by atoms with Crippen molar-refractivity contribution in [1.82, 2.24) is 0 Å². The minimum absolute atomic E-state index is 0.0496. The first-order chi connectivity index (χ1) is 6.85. The Labute approximate surface area is 93.4 Å². The zero-order valence-corrected chi connectivity index (χ0v) is 10.5. The van der Waals surface area contributed by atoms with Crippen LogP contribution in [0.3, 0.4) is 0 Å². The van der Waals surface area contributed by atoms with Crippen LogP contribution in [0.25, 0.3) is 0 Å². The third-order valence-electron chi connectivity index (χ3n) is 2.03. The maximum Gasteiger partial charge on any atom is 0.307 e. The van der Waals surface area contributed by atoms with E-state index >= 15 is 0 Å². The van der Waals surface area contributed by atoms with E-state index in [9.17, 15) is 4.79 Å². The number of carbonyl (C=O) groups is 1. The molecule has 0 aliphatic heterocycles. The topological polar surface area (TPSA) is 52.3 Å². The van der Waals surface area contributed by atoms with Crippen LogP contribution in [-0.4, -0.2) is 17.6 Å². The molecule has 0 rings (SSSR count). The van der Waals surface area contributed by atoms with E-state index in [-0.39, 0.29) is 12.0 Å². The zero-order valence-electron chi connectivity index (χ0n) is 10.5. The van der Waals surface area contributed by atoms with E-state index < -0.39 is 5.60 Å². The smallest absolute Gasteiger partial charge is 0.307 e. The number of nitrogens with two attached hydrogens (primary N) is 1. The molecule has 0 spiro atoms. The molecule has 0 bridgehead atoms. The van der Waals surface area contributed by atoms with E-state index in [2.05, 4.69) is 6.92 Å². The highest BCUT2D eigenvalue weighted by Gasteiger charge is 2.18. The van der Waals surface area contributed by atoms with Crippen molar-refractivity contribution in [3.8, 4) is 0 Å². The molecule has 0 fully saturated rings. The van der Waals surface area contributed by atoms with Crippen molar-refractivity contribution < 1.29 is 9.53 Å². The Morgan fingerprint density at radius 2 is 1.93 bits per heavy atom. The van der Waals surface area contributed by atoms with Crippen molar-refractivity contribution in [3.05, 3.63) is 0 Å². The molecular formula is C12H25NO2. The van der Waals surface area contributed by atoms with Gasteiger partial charge in [-0.3, -0.25) is 4.79 Å². The maximum absolute atomic E-state index is 11.4. The van der Waals surface area contributed by atoms with Gasteiger partial charge in [0.15, 0.2) is 0 Å². The van der Waals surface area contributed by atoms with Gasteiger partial charge in [-0.05, 0) is 27.2 Å². The Morgan fingerprint density at radius 3 is 2.40 bits per heavy atom. The van der Waals surface area contributed by atoms with Gasteiger partial charge < -0.3 is 10.5 Å². The molecule has 0 aliphatic carbocycles. The van der Waals surface area contributed by atoms with Crippen LogP contribution >= 0.6 is 0 Å². The first kappa shape index (κ1) is 14.4. The summed E-state index contributed by atoms with van der Waals surface area (Å²) in [6.45, 7) is 7.76. The second-order valence-corrected chi connectivity index (χ2v) is 5.05. The molecule has 0 aromatic heterocycles. The Balaban J connectivity index is 3.67. The number of ether oxygens (including phenoxy) is 1. The van der Waals surface area contributed by atoms with E-state index in [4.69, 9.17) is 10.5 Å². The minimum Gasteiger partial charge on any atom is -0.460 e. The summed E-state index contributed by atoms with van der Waals surface area (Å²) in [5.74, 6) is -0.188. The largest absolute Gasteiger partial charge is 0.460 e. The second kappa shape index (κ2) is 6.83. The summed E-state index contributed by atoms with van der Waals surface area (Å²) < 4.78 is 5.20. The first-order valence-electron chi connectivity index (χ1n) is 5.82. The quantitative estimate of drug-likeness (QED) is 0.547. The van der Waals surface area contributed by atoms with Crippen LogP contribution in [0.5, 0.6) is 0 Å². The summed E-state index contributed by atoms with van der Waals surface area (Å²) in [6, 6.07) is -0.0496. The number of hydrogen-bond donors (Lipinski definition) is 1. The fourth-order valence-corrected chi connectivity index (χ4v) is 1.36. The van der Waals surface area contributed by atoms with E-state index in [0.717, 1.165) is 12.8 Å². The van der Waals surface area contributed by atoms with Gasteiger partial charge in [0.1, 0.15) is 5.60 Å². The van der Waals surface area contributed by atoms with E-state index in [0.29, 0.717) is 6.42 Å². The van der Waals surface area contributed by atoms with Gasteiger partial charge in [0.25, 0.3) is 0 Å². The van der Waals surface area contributed by atoms with Crippen LogP contribution < -0.4 is 5.73 Å². The van der Waals surface area contributed by atoms with Crippen LogP contribution in [0.15, 0.2) is 0 Å². The molecule has 0 heterocycles. The van der Waals surface area contributed by atoms with Crippen LogP contribution in [0.1, 0.15) is 59.8 Å². The van der Waals surface area contributed by atoms with Gasteiger partial charge in [-0.1, -0.05) is 26.2 Å². The highest BCUT2D eigenvalue weighted by Crippen LogP contribution is 2.11. The molecular weight excluding hydrogens is 190 g/mol. The lowest BCUT2D eigenvalue weighted by Gasteiger charge is -2.20. The number of hydrogen-bond acceptors (Lipinski definition) is 3. The Hall–Kier alpha value is -0.570. The van der Waals surface area contributed by atoms with Crippen molar-refractivity contribution in [3.63, 3.8) is 0 Å². The third-order valence-corrected chi connectivity index (χ3v) is 2.03. The predicted molar refractivity (Wildman–Crippen MR) is 62.6 cm³/mol. The molecule has 2 N–H and O–H groups in total. The number of rotatable bonds is 6. The molecule has 3 nitrogen and oxygen atoms in total. The lowest BCUT2D eigenvalue weighted by molar-refractivity contribution is -0.155. The Morgan fingerprint density at radius 1 is 1.33 bits per heavy atom. The summed E-state index contributed by atoms with van der Waals surface area (Å²) in [4.78, 5) is 11.4. The Bertz CT molecular complexity index is 185. The molecule has 0 aromatic rings. The summed E-state index contributed by atoms with van der Waals surface area (Å²) in [7, 11) is 0. The minimum atomic E-state index is -0.403. The number of unbranched alkanes of at least 4 members (excludes halogenated alkanes) is 2. The van der Waals surface area contributed by atoms with Crippen LogP contribution in [-0.2, 0) is 9.53 Å². The normalized spacial score (nSPS) is 13.7. The van der Waals surface area contributed by atoms with E-state index in [1.165, 1.54) is 12.8 Å². The standard InChI is InChI=1S/C12H25NO2/c1-5-6-7-8-10(13)9-11(14)15-12(2,3)4/h10H,5-9,13H2,1-4H3/t10-/m0/s1. The molecule has 15 heavy (non-hydrogen) atoms. The highest BCUT2D eigenvalue weighted by molar-refractivity contribution is 5.70. The maximum atomic E-state index is 11.4. The monoisotopic (exact) mass is 215 g/mol. The Kier molecular flexibility index (Phi) is 6.57. The van der Waals surface area contributed by atoms with Gasteiger partial charge in [0.05, 0.1) is 6.42 Å². The lowest BCUT2D eigenvalue weighted by Crippen LogP contribution is -2.30. The zero-order chi connectivity index (χ0) is 11.9. The van der Waals surface area contributed by atoms with Gasteiger partial charge in [-0.2, -0.15) is 0 Å². The van der Waals surface area contributed by atoms with Gasteiger partial charge >= 0.3 is 5.97 Å². The predicted octanol–water partition coefficient (Wildman–Crippen LogP) is 2.63. The molecule has 0 aliphatic rings. The molecule has 0 radical (unpaired) electrons. The average Bonchev–Trinajstić information content (AvgIpc) is 2.00. The van der Waals surface area contributed by atoms with E-state index in [1.54, 1.807) is 0 Å². The molecule has 90 valence electrons. The SMILES string of the molecule is CCCCC[C@H](N)CC(=O)OC(C)(C)C. The first-order valence-corrected chi connectivity index (χ1v) is 5.82.